The summed E-state index contributed by atoms with van der Waals surface area (Å²) in [6.07, 6.45) is -1.29. The van der Waals surface area contributed by atoms with Gasteiger partial charge in [0.1, 0.15) is 11.5 Å². The van der Waals surface area contributed by atoms with Gasteiger partial charge in [-0.2, -0.15) is 5.10 Å². The Balaban J connectivity index is 2.39. The summed E-state index contributed by atoms with van der Waals surface area (Å²) < 4.78 is 40.8. The van der Waals surface area contributed by atoms with E-state index in [1.807, 2.05) is 13.8 Å². The number of halogens is 3. The van der Waals surface area contributed by atoms with Crippen molar-refractivity contribution in [2.45, 2.75) is 32.9 Å². The number of nitrogens with one attached hydrogen (secondary N) is 1. The van der Waals surface area contributed by atoms with E-state index >= 15 is 0 Å². The van der Waals surface area contributed by atoms with E-state index in [2.05, 4.69) is 10.4 Å². The van der Waals surface area contributed by atoms with Gasteiger partial charge in [0.25, 0.3) is 6.43 Å². The number of benzene rings is 1. The van der Waals surface area contributed by atoms with Gasteiger partial charge in [-0.15, -0.1) is 0 Å². The lowest BCUT2D eigenvalue weighted by atomic mass is 10.2. The molecule has 6 heteroatoms. The van der Waals surface area contributed by atoms with Crippen molar-refractivity contribution in [3.05, 3.63) is 47.5 Å². The van der Waals surface area contributed by atoms with Crippen LogP contribution in [0, 0.1) is 5.82 Å². The van der Waals surface area contributed by atoms with Crippen LogP contribution in [0.1, 0.15) is 31.5 Å². The molecule has 0 unspecified atom stereocenters. The number of rotatable bonds is 5. The highest BCUT2D eigenvalue weighted by atomic mass is 19.3. The Hall–Kier alpha value is -1.82. The Morgan fingerprint density at radius 3 is 2.65 bits per heavy atom. The lowest BCUT2D eigenvalue weighted by Gasteiger charge is -2.11. The quantitative estimate of drug-likeness (QED) is 0.911. The second-order valence-corrected chi connectivity index (χ2v) is 4.78. The van der Waals surface area contributed by atoms with E-state index in [1.165, 1.54) is 24.4 Å². The predicted molar refractivity (Wildman–Crippen MR) is 70.5 cm³/mol. The first-order valence-electron chi connectivity index (χ1n) is 6.33. The Morgan fingerprint density at radius 2 is 2.05 bits per heavy atom. The van der Waals surface area contributed by atoms with E-state index in [0.717, 1.165) is 4.68 Å². The predicted octanol–water partition coefficient (Wildman–Crippen LogP) is 3.45. The number of aromatic nitrogens is 2. The molecule has 0 fully saturated rings. The maximum absolute atomic E-state index is 13.2. The average molecular weight is 283 g/mol. The Kier molecular flexibility index (Phi) is 4.44. The molecule has 0 radical (unpaired) electrons. The van der Waals surface area contributed by atoms with Crippen LogP contribution in [0.2, 0.25) is 0 Å². The summed E-state index contributed by atoms with van der Waals surface area (Å²) in [5, 5.41) is 7.03. The molecule has 0 spiro atoms. The fraction of sp³-hybridized carbons (Fsp3) is 0.357. The Morgan fingerprint density at radius 1 is 1.30 bits per heavy atom. The molecule has 0 aliphatic rings. The lowest BCUT2D eigenvalue weighted by molar-refractivity contribution is 0.141. The van der Waals surface area contributed by atoms with Crippen LogP contribution in [0.15, 0.2) is 30.5 Å². The largest absolute Gasteiger partial charge is 0.310 e. The molecular formula is C14H16F3N3. The third-order valence-corrected chi connectivity index (χ3v) is 2.85. The zero-order valence-corrected chi connectivity index (χ0v) is 11.3. The second-order valence-electron chi connectivity index (χ2n) is 4.78. The summed E-state index contributed by atoms with van der Waals surface area (Å²) in [7, 11) is 0. The van der Waals surface area contributed by atoms with E-state index < -0.39 is 12.2 Å². The van der Waals surface area contributed by atoms with Gasteiger partial charge in [-0.1, -0.05) is 19.9 Å². The maximum atomic E-state index is 13.2. The third-order valence-electron chi connectivity index (χ3n) is 2.85. The van der Waals surface area contributed by atoms with Gasteiger partial charge in [0, 0.05) is 18.2 Å². The van der Waals surface area contributed by atoms with Crippen molar-refractivity contribution in [3.63, 3.8) is 0 Å². The summed E-state index contributed by atoms with van der Waals surface area (Å²) in [5.74, 6) is -0.486. The van der Waals surface area contributed by atoms with Crippen molar-refractivity contribution in [3.8, 4) is 5.69 Å². The number of hydrogen-bond donors (Lipinski definition) is 1. The number of hydrogen-bond acceptors (Lipinski definition) is 2. The Bertz CT molecular complexity index is 579. The normalized spacial score (nSPS) is 11.6. The van der Waals surface area contributed by atoms with Gasteiger partial charge in [0.15, 0.2) is 0 Å². The fourth-order valence-corrected chi connectivity index (χ4v) is 1.89. The van der Waals surface area contributed by atoms with E-state index in [4.69, 9.17) is 0 Å². The van der Waals surface area contributed by atoms with Crippen LogP contribution < -0.4 is 5.32 Å². The minimum absolute atomic E-state index is 0.179. The summed E-state index contributed by atoms with van der Waals surface area (Å²) in [5.41, 5.74) is 0.498. The molecule has 2 aromatic rings. The summed E-state index contributed by atoms with van der Waals surface area (Å²) >= 11 is 0. The summed E-state index contributed by atoms with van der Waals surface area (Å²) in [6, 6.07) is 5.63. The van der Waals surface area contributed by atoms with Gasteiger partial charge in [0.2, 0.25) is 0 Å². The lowest BCUT2D eigenvalue weighted by Crippen LogP contribution is -2.22. The first-order chi connectivity index (χ1) is 9.49. The SMILES string of the molecule is CC(C)NCc1cnn(-c2cccc(F)c2)c1C(F)F. The summed E-state index contributed by atoms with van der Waals surface area (Å²) in [4.78, 5) is 0. The maximum Gasteiger partial charge on any atom is 0.280 e. The molecule has 3 nitrogen and oxygen atoms in total. The van der Waals surface area contributed by atoms with Gasteiger partial charge in [0.05, 0.1) is 11.9 Å². The van der Waals surface area contributed by atoms with Crippen molar-refractivity contribution in [1.29, 1.82) is 0 Å². The van der Waals surface area contributed by atoms with Crippen molar-refractivity contribution in [1.82, 2.24) is 15.1 Å². The van der Waals surface area contributed by atoms with Crippen molar-refractivity contribution in [2.75, 3.05) is 0 Å². The third kappa shape index (κ3) is 3.19. The van der Waals surface area contributed by atoms with E-state index in [9.17, 15) is 13.2 Å². The van der Waals surface area contributed by atoms with Crippen LogP contribution >= 0.6 is 0 Å². The molecule has 0 aliphatic heterocycles. The zero-order chi connectivity index (χ0) is 14.7. The second kappa shape index (κ2) is 6.09. The van der Waals surface area contributed by atoms with Crippen molar-refractivity contribution >= 4 is 0 Å². The Labute approximate surface area is 115 Å². The molecule has 0 saturated heterocycles. The molecule has 0 aliphatic carbocycles. The zero-order valence-electron chi connectivity index (χ0n) is 11.3. The van der Waals surface area contributed by atoms with E-state index in [0.29, 0.717) is 12.1 Å². The minimum Gasteiger partial charge on any atom is -0.310 e. The topological polar surface area (TPSA) is 29.9 Å². The first kappa shape index (κ1) is 14.6. The molecule has 20 heavy (non-hydrogen) atoms. The molecule has 0 amide bonds. The smallest absolute Gasteiger partial charge is 0.280 e. The molecule has 0 atom stereocenters. The fourth-order valence-electron chi connectivity index (χ4n) is 1.89. The van der Waals surface area contributed by atoms with Crippen LogP contribution in [0.5, 0.6) is 0 Å². The first-order valence-corrected chi connectivity index (χ1v) is 6.33. The molecule has 1 aromatic heterocycles. The molecule has 0 saturated carbocycles. The van der Waals surface area contributed by atoms with Crippen LogP contribution in [0.4, 0.5) is 13.2 Å². The molecule has 1 aromatic carbocycles. The molecular weight excluding hydrogens is 267 g/mol. The van der Waals surface area contributed by atoms with E-state index in [1.54, 1.807) is 6.07 Å². The highest BCUT2D eigenvalue weighted by Crippen LogP contribution is 2.26. The standard InChI is InChI=1S/C14H16F3N3/c1-9(2)18-7-10-8-19-20(13(10)14(16)17)12-5-3-4-11(15)6-12/h3-6,8-9,14,18H,7H2,1-2H3. The molecule has 2 rings (SSSR count). The van der Waals surface area contributed by atoms with Crippen LogP contribution in [0.25, 0.3) is 5.69 Å². The van der Waals surface area contributed by atoms with Crippen LogP contribution in [-0.4, -0.2) is 15.8 Å². The number of nitrogens with zero attached hydrogens (tertiary/aromatic N) is 2. The van der Waals surface area contributed by atoms with Crippen LogP contribution in [-0.2, 0) is 6.54 Å². The minimum atomic E-state index is -2.68. The summed E-state index contributed by atoms with van der Waals surface area (Å²) in [6.45, 7) is 4.16. The number of alkyl halides is 2. The van der Waals surface area contributed by atoms with Gasteiger partial charge in [-0.3, -0.25) is 0 Å². The van der Waals surface area contributed by atoms with E-state index in [-0.39, 0.29) is 17.4 Å². The monoisotopic (exact) mass is 283 g/mol. The van der Waals surface area contributed by atoms with Crippen molar-refractivity contribution in [2.24, 2.45) is 0 Å². The molecule has 108 valence electrons. The van der Waals surface area contributed by atoms with Gasteiger partial charge < -0.3 is 5.32 Å². The molecule has 1 N–H and O–H groups in total. The molecule has 1 heterocycles. The van der Waals surface area contributed by atoms with Gasteiger partial charge in [-0.05, 0) is 18.2 Å². The van der Waals surface area contributed by atoms with Crippen molar-refractivity contribution < 1.29 is 13.2 Å². The van der Waals surface area contributed by atoms with Gasteiger partial charge >= 0.3 is 0 Å². The average Bonchev–Trinajstić information content (AvgIpc) is 2.80. The highest BCUT2D eigenvalue weighted by molar-refractivity contribution is 5.36. The van der Waals surface area contributed by atoms with Crippen LogP contribution in [0.3, 0.4) is 0 Å². The molecule has 0 bridgehead atoms. The van der Waals surface area contributed by atoms with Gasteiger partial charge in [-0.25, -0.2) is 17.9 Å². The highest BCUT2D eigenvalue weighted by Gasteiger charge is 2.21.